The van der Waals surface area contributed by atoms with Gasteiger partial charge in [-0.1, -0.05) is 0 Å². The molecular formula is C16H26FN3O. The van der Waals surface area contributed by atoms with Crippen LogP contribution in [0.3, 0.4) is 0 Å². The molecule has 1 aliphatic carbocycles. The van der Waals surface area contributed by atoms with Gasteiger partial charge in [0.2, 0.25) is 0 Å². The Bertz CT molecular complexity index is 499. The first-order valence-corrected chi connectivity index (χ1v) is 7.51. The van der Waals surface area contributed by atoms with Crippen LogP contribution in [-0.2, 0) is 0 Å². The number of anilines is 2. The van der Waals surface area contributed by atoms with E-state index in [1.165, 1.54) is 25.3 Å². The smallest absolute Gasteiger partial charge is 0.167 e. The Hall–Kier alpha value is -1.49. The molecule has 1 aromatic rings. The van der Waals surface area contributed by atoms with E-state index in [4.69, 9.17) is 10.5 Å². The molecule has 0 spiro atoms. The second-order valence-electron chi connectivity index (χ2n) is 6.36. The zero-order valence-electron chi connectivity index (χ0n) is 13.4. The first-order valence-electron chi connectivity index (χ1n) is 7.51. The van der Waals surface area contributed by atoms with Gasteiger partial charge in [-0.2, -0.15) is 0 Å². The molecular weight excluding hydrogens is 269 g/mol. The molecule has 21 heavy (non-hydrogen) atoms. The number of benzene rings is 1. The predicted molar refractivity (Wildman–Crippen MR) is 85.3 cm³/mol. The monoisotopic (exact) mass is 295 g/mol. The summed E-state index contributed by atoms with van der Waals surface area (Å²) >= 11 is 0. The highest BCUT2D eigenvalue weighted by atomic mass is 19.1. The summed E-state index contributed by atoms with van der Waals surface area (Å²) < 4.78 is 19.3. The van der Waals surface area contributed by atoms with E-state index in [-0.39, 0.29) is 17.4 Å². The van der Waals surface area contributed by atoms with Crippen molar-refractivity contribution in [2.24, 2.45) is 0 Å². The molecule has 1 aliphatic rings. The molecule has 3 N–H and O–H groups in total. The van der Waals surface area contributed by atoms with E-state index in [2.05, 4.69) is 24.3 Å². The molecule has 0 unspecified atom stereocenters. The van der Waals surface area contributed by atoms with Gasteiger partial charge >= 0.3 is 0 Å². The summed E-state index contributed by atoms with van der Waals surface area (Å²) in [6, 6.07) is 2.98. The van der Waals surface area contributed by atoms with Gasteiger partial charge in [-0.05, 0) is 47.2 Å². The summed E-state index contributed by atoms with van der Waals surface area (Å²) in [5, 5.41) is 3.36. The van der Waals surface area contributed by atoms with Crippen LogP contribution in [0, 0.1) is 5.82 Å². The minimum Gasteiger partial charge on any atom is -0.488 e. The largest absolute Gasteiger partial charge is 0.488 e. The molecule has 1 saturated carbocycles. The number of halogens is 1. The lowest BCUT2D eigenvalue weighted by atomic mass is 9.75. The second-order valence-corrected chi connectivity index (χ2v) is 6.36. The molecule has 0 aliphatic heterocycles. The topological polar surface area (TPSA) is 50.5 Å². The second kappa shape index (κ2) is 6.10. The number of likely N-dealkylation sites (N-methyl/N-ethyl adjacent to an activating group) is 1. The van der Waals surface area contributed by atoms with Crippen LogP contribution in [0.1, 0.15) is 33.1 Å². The fourth-order valence-corrected chi connectivity index (χ4v) is 2.69. The first-order chi connectivity index (χ1) is 9.84. The van der Waals surface area contributed by atoms with Gasteiger partial charge in [0, 0.05) is 24.2 Å². The third-order valence-electron chi connectivity index (χ3n) is 4.31. The van der Waals surface area contributed by atoms with Gasteiger partial charge in [-0.15, -0.1) is 0 Å². The zero-order chi connectivity index (χ0) is 15.6. The van der Waals surface area contributed by atoms with E-state index >= 15 is 0 Å². The Morgan fingerprint density at radius 2 is 2.05 bits per heavy atom. The molecule has 0 aromatic heterocycles. The lowest BCUT2D eigenvalue weighted by Crippen LogP contribution is -2.54. The van der Waals surface area contributed by atoms with Crippen molar-refractivity contribution in [3.63, 3.8) is 0 Å². The van der Waals surface area contributed by atoms with Crippen molar-refractivity contribution in [3.8, 4) is 5.75 Å². The number of hydrogen-bond acceptors (Lipinski definition) is 4. The number of nitrogens with two attached hydrogens (primary N) is 1. The highest BCUT2D eigenvalue weighted by Crippen LogP contribution is 2.37. The number of rotatable bonds is 6. The van der Waals surface area contributed by atoms with E-state index in [1.807, 2.05) is 13.8 Å². The Balaban J connectivity index is 2.12. The van der Waals surface area contributed by atoms with Gasteiger partial charge in [0.15, 0.2) is 11.6 Å². The van der Waals surface area contributed by atoms with Crippen molar-refractivity contribution < 1.29 is 9.13 Å². The van der Waals surface area contributed by atoms with Crippen molar-refractivity contribution >= 4 is 11.4 Å². The van der Waals surface area contributed by atoms with Crippen LogP contribution in [0.4, 0.5) is 15.8 Å². The summed E-state index contributed by atoms with van der Waals surface area (Å²) in [5.41, 5.74) is 7.24. The zero-order valence-corrected chi connectivity index (χ0v) is 13.4. The van der Waals surface area contributed by atoms with Crippen molar-refractivity contribution in [1.82, 2.24) is 4.90 Å². The van der Waals surface area contributed by atoms with Gasteiger partial charge in [0.1, 0.15) is 0 Å². The summed E-state index contributed by atoms with van der Waals surface area (Å²) in [6.45, 7) is 4.55. The summed E-state index contributed by atoms with van der Waals surface area (Å²) in [4.78, 5) is 2.26. The molecule has 2 rings (SSSR count). The average Bonchev–Trinajstić information content (AvgIpc) is 2.32. The molecule has 0 radical (unpaired) electrons. The standard InChI is InChI=1S/C16H26FN3O/c1-11(2)21-15-9-14(13(18)8-12(15)17)19-10-16(20(3)4)6-5-7-16/h8-9,11,19H,5-7,10,18H2,1-4H3. The van der Waals surface area contributed by atoms with Crippen LogP contribution >= 0.6 is 0 Å². The minimum atomic E-state index is -0.419. The first kappa shape index (κ1) is 15.9. The third kappa shape index (κ3) is 3.40. The lowest BCUT2D eigenvalue weighted by molar-refractivity contribution is 0.0739. The average molecular weight is 295 g/mol. The third-order valence-corrected chi connectivity index (χ3v) is 4.31. The number of nitrogens with one attached hydrogen (secondary N) is 1. The van der Waals surface area contributed by atoms with Crippen molar-refractivity contribution in [3.05, 3.63) is 17.9 Å². The molecule has 4 nitrogen and oxygen atoms in total. The number of nitrogen functional groups attached to an aromatic ring is 1. The predicted octanol–water partition coefficient (Wildman–Crippen LogP) is 3.09. The number of ether oxygens (including phenoxy) is 1. The van der Waals surface area contributed by atoms with Crippen LogP contribution in [0.2, 0.25) is 0 Å². The van der Waals surface area contributed by atoms with Crippen molar-refractivity contribution in [2.75, 3.05) is 31.7 Å². The van der Waals surface area contributed by atoms with Crippen LogP contribution in [0.5, 0.6) is 5.75 Å². The normalized spacial score (nSPS) is 16.9. The molecule has 1 fully saturated rings. The van der Waals surface area contributed by atoms with E-state index in [9.17, 15) is 4.39 Å². The van der Waals surface area contributed by atoms with Gasteiger partial charge in [0.05, 0.1) is 17.5 Å². The number of nitrogens with zero attached hydrogens (tertiary/aromatic N) is 1. The fraction of sp³-hybridized carbons (Fsp3) is 0.625. The van der Waals surface area contributed by atoms with Gasteiger partial charge in [0.25, 0.3) is 0 Å². The Kier molecular flexibility index (Phi) is 4.61. The van der Waals surface area contributed by atoms with Gasteiger partial charge < -0.3 is 20.7 Å². The molecule has 0 amide bonds. The van der Waals surface area contributed by atoms with Crippen molar-refractivity contribution in [2.45, 2.75) is 44.8 Å². The Labute approximate surface area is 126 Å². The highest BCUT2D eigenvalue weighted by Gasteiger charge is 2.38. The summed E-state index contributed by atoms with van der Waals surface area (Å²) in [6.07, 6.45) is 3.52. The van der Waals surface area contributed by atoms with Crippen LogP contribution in [0.15, 0.2) is 12.1 Å². The molecule has 0 heterocycles. The molecule has 0 saturated heterocycles. The van der Waals surface area contributed by atoms with Crippen LogP contribution in [-0.4, -0.2) is 37.2 Å². The quantitative estimate of drug-likeness (QED) is 0.792. The van der Waals surface area contributed by atoms with Gasteiger partial charge in [-0.25, -0.2) is 4.39 Å². The molecule has 118 valence electrons. The Morgan fingerprint density at radius 1 is 1.38 bits per heavy atom. The Morgan fingerprint density at radius 3 is 2.52 bits per heavy atom. The molecule has 5 heteroatoms. The molecule has 0 atom stereocenters. The van der Waals surface area contributed by atoms with E-state index in [1.54, 1.807) is 6.07 Å². The maximum absolute atomic E-state index is 13.8. The SMILES string of the molecule is CC(C)Oc1cc(NCC2(N(C)C)CCC2)c(N)cc1F. The number of hydrogen-bond donors (Lipinski definition) is 2. The van der Waals surface area contributed by atoms with E-state index in [0.29, 0.717) is 5.69 Å². The van der Waals surface area contributed by atoms with Gasteiger partial charge in [-0.3, -0.25) is 0 Å². The maximum Gasteiger partial charge on any atom is 0.167 e. The van der Waals surface area contributed by atoms with E-state index < -0.39 is 5.82 Å². The minimum absolute atomic E-state index is 0.0734. The highest BCUT2D eigenvalue weighted by molar-refractivity contribution is 5.68. The fourth-order valence-electron chi connectivity index (χ4n) is 2.69. The van der Waals surface area contributed by atoms with E-state index in [0.717, 1.165) is 12.2 Å². The van der Waals surface area contributed by atoms with Crippen molar-refractivity contribution in [1.29, 1.82) is 0 Å². The lowest BCUT2D eigenvalue weighted by Gasteiger charge is -2.47. The summed E-state index contributed by atoms with van der Waals surface area (Å²) in [7, 11) is 4.20. The molecule has 1 aromatic carbocycles. The maximum atomic E-state index is 13.8. The van der Waals surface area contributed by atoms with Crippen LogP contribution < -0.4 is 15.8 Å². The summed E-state index contributed by atoms with van der Waals surface area (Å²) in [5.74, 6) is -0.174. The molecule has 0 bridgehead atoms. The van der Waals surface area contributed by atoms with Crippen LogP contribution in [0.25, 0.3) is 0 Å².